The van der Waals surface area contributed by atoms with Crippen molar-refractivity contribution in [3.05, 3.63) is 18.0 Å². The van der Waals surface area contributed by atoms with Gasteiger partial charge in [0, 0.05) is 12.1 Å². The molecule has 106 valence electrons. The van der Waals surface area contributed by atoms with Crippen molar-refractivity contribution in [1.82, 2.24) is 14.9 Å². The van der Waals surface area contributed by atoms with Gasteiger partial charge in [0.15, 0.2) is 11.5 Å². The number of fused-ring (bicyclic) bond motifs is 2. The number of rotatable bonds is 2. The monoisotopic (exact) mass is 273 g/mol. The Morgan fingerprint density at radius 2 is 1.80 bits per heavy atom. The van der Waals surface area contributed by atoms with Crippen LogP contribution in [0.3, 0.4) is 0 Å². The standard InChI is InChI=1S/C15H19N3O2/c1-2-4-6-18(5-3-1)9-15-16-11-7-13-14(20-10-19-13)8-12(11)17-15/h7-8H,1-6,9-10H2,(H,16,17). The maximum absolute atomic E-state index is 5.40. The van der Waals surface area contributed by atoms with Crippen molar-refractivity contribution in [1.29, 1.82) is 0 Å². The molecule has 5 heteroatoms. The predicted molar refractivity (Wildman–Crippen MR) is 76.0 cm³/mol. The van der Waals surface area contributed by atoms with Gasteiger partial charge in [-0.25, -0.2) is 4.98 Å². The first-order chi connectivity index (χ1) is 9.88. The van der Waals surface area contributed by atoms with Crippen LogP contribution in [0.25, 0.3) is 11.0 Å². The first-order valence-electron chi connectivity index (χ1n) is 7.39. The van der Waals surface area contributed by atoms with Crippen LogP contribution in [0.4, 0.5) is 0 Å². The van der Waals surface area contributed by atoms with Gasteiger partial charge >= 0.3 is 0 Å². The van der Waals surface area contributed by atoms with Gasteiger partial charge in [-0.3, -0.25) is 4.90 Å². The molecule has 20 heavy (non-hydrogen) atoms. The summed E-state index contributed by atoms with van der Waals surface area (Å²) in [4.78, 5) is 10.6. The van der Waals surface area contributed by atoms with Gasteiger partial charge in [-0.1, -0.05) is 12.8 Å². The van der Waals surface area contributed by atoms with Crippen LogP contribution in [0.2, 0.25) is 0 Å². The Hall–Kier alpha value is -1.75. The molecule has 1 fully saturated rings. The van der Waals surface area contributed by atoms with E-state index in [1.165, 1.54) is 38.8 Å². The van der Waals surface area contributed by atoms with Crippen LogP contribution in [-0.2, 0) is 6.54 Å². The van der Waals surface area contributed by atoms with Crippen molar-refractivity contribution in [3.63, 3.8) is 0 Å². The van der Waals surface area contributed by atoms with Crippen molar-refractivity contribution in [2.45, 2.75) is 32.2 Å². The maximum atomic E-state index is 5.40. The minimum atomic E-state index is 0.308. The second-order valence-corrected chi connectivity index (χ2v) is 5.60. The summed E-state index contributed by atoms with van der Waals surface area (Å²) in [5, 5.41) is 0. The summed E-state index contributed by atoms with van der Waals surface area (Å²) in [6.45, 7) is 3.57. The molecular weight excluding hydrogens is 254 g/mol. The van der Waals surface area contributed by atoms with Crippen molar-refractivity contribution in [2.24, 2.45) is 0 Å². The van der Waals surface area contributed by atoms with Gasteiger partial charge in [-0.15, -0.1) is 0 Å². The van der Waals surface area contributed by atoms with E-state index >= 15 is 0 Å². The molecule has 0 saturated carbocycles. The maximum Gasteiger partial charge on any atom is 0.231 e. The number of hydrogen-bond donors (Lipinski definition) is 1. The molecule has 0 amide bonds. The summed E-state index contributed by atoms with van der Waals surface area (Å²) in [5.41, 5.74) is 1.98. The van der Waals surface area contributed by atoms with E-state index in [0.29, 0.717) is 6.79 Å². The summed E-state index contributed by atoms with van der Waals surface area (Å²) >= 11 is 0. The number of aromatic amines is 1. The highest BCUT2D eigenvalue weighted by molar-refractivity contribution is 5.80. The molecule has 1 saturated heterocycles. The normalized spacial score (nSPS) is 19.4. The van der Waals surface area contributed by atoms with Crippen LogP contribution >= 0.6 is 0 Å². The summed E-state index contributed by atoms with van der Waals surface area (Å²) in [6, 6.07) is 3.94. The lowest BCUT2D eigenvalue weighted by molar-refractivity contribution is 0.174. The largest absolute Gasteiger partial charge is 0.454 e. The van der Waals surface area contributed by atoms with Crippen molar-refractivity contribution in [3.8, 4) is 11.5 Å². The third-order valence-electron chi connectivity index (χ3n) is 4.10. The SMILES string of the molecule is c1c2c(cc3[nH]c(CN4CCCCCC4)nc13)OCO2. The third kappa shape index (κ3) is 2.22. The van der Waals surface area contributed by atoms with Crippen LogP contribution in [-0.4, -0.2) is 34.8 Å². The van der Waals surface area contributed by atoms with Crippen LogP contribution in [0.15, 0.2) is 12.1 Å². The summed E-state index contributed by atoms with van der Waals surface area (Å²) in [6.07, 6.45) is 5.32. The number of aromatic nitrogens is 2. The summed E-state index contributed by atoms with van der Waals surface area (Å²) < 4.78 is 10.8. The highest BCUT2D eigenvalue weighted by atomic mass is 16.7. The Balaban J connectivity index is 1.57. The zero-order valence-electron chi connectivity index (χ0n) is 11.5. The van der Waals surface area contributed by atoms with E-state index in [-0.39, 0.29) is 0 Å². The fraction of sp³-hybridized carbons (Fsp3) is 0.533. The van der Waals surface area contributed by atoms with E-state index in [1.807, 2.05) is 12.1 Å². The second-order valence-electron chi connectivity index (χ2n) is 5.60. The number of H-pyrrole nitrogens is 1. The van der Waals surface area contributed by atoms with Crippen LogP contribution < -0.4 is 9.47 Å². The summed E-state index contributed by atoms with van der Waals surface area (Å²) in [7, 11) is 0. The van der Waals surface area contributed by atoms with Crippen LogP contribution in [0, 0.1) is 0 Å². The minimum Gasteiger partial charge on any atom is -0.454 e. The first kappa shape index (κ1) is 12.0. The Labute approximate surface area is 117 Å². The van der Waals surface area contributed by atoms with Gasteiger partial charge in [0.25, 0.3) is 0 Å². The molecule has 0 spiro atoms. The van der Waals surface area contributed by atoms with Gasteiger partial charge < -0.3 is 14.5 Å². The molecule has 2 aliphatic rings. The molecule has 0 unspecified atom stereocenters. The van der Waals surface area contributed by atoms with Crippen LogP contribution in [0.1, 0.15) is 31.5 Å². The Morgan fingerprint density at radius 1 is 1.05 bits per heavy atom. The number of imidazole rings is 1. The molecule has 2 aliphatic heterocycles. The van der Waals surface area contributed by atoms with E-state index < -0.39 is 0 Å². The fourth-order valence-corrected chi connectivity index (χ4v) is 3.03. The lowest BCUT2D eigenvalue weighted by Crippen LogP contribution is -2.24. The Kier molecular flexibility index (Phi) is 2.99. The van der Waals surface area contributed by atoms with E-state index in [9.17, 15) is 0 Å². The quantitative estimate of drug-likeness (QED) is 0.914. The van der Waals surface area contributed by atoms with Gasteiger partial charge in [0.1, 0.15) is 5.82 Å². The Morgan fingerprint density at radius 3 is 2.60 bits per heavy atom. The second kappa shape index (κ2) is 4.98. The first-order valence-corrected chi connectivity index (χ1v) is 7.39. The molecule has 5 nitrogen and oxygen atoms in total. The zero-order valence-corrected chi connectivity index (χ0v) is 11.5. The predicted octanol–water partition coefficient (Wildman–Crippen LogP) is 2.67. The number of nitrogens with one attached hydrogen (secondary N) is 1. The minimum absolute atomic E-state index is 0.308. The number of nitrogens with zero attached hydrogens (tertiary/aromatic N) is 2. The van der Waals surface area contributed by atoms with Crippen molar-refractivity contribution < 1.29 is 9.47 Å². The number of hydrogen-bond acceptors (Lipinski definition) is 4. The van der Waals surface area contributed by atoms with E-state index in [0.717, 1.165) is 34.9 Å². The molecule has 0 atom stereocenters. The highest BCUT2D eigenvalue weighted by Crippen LogP contribution is 2.35. The van der Waals surface area contributed by atoms with Gasteiger partial charge in [0.05, 0.1) is 17.6 Å². The molecule has 4 rings (SSSR count). The molecule has 1 N–H and O–H groups in total. The van der Waals surface area contributed by atoms with E-state index in [1.54, 1.807) is 0 Å². The average Bonchev–Trinajstić information content (AvgIpc) is 2.95. The lowest BCUT2D eigenvalue weighted by atomic mass is 10.2. The average molecular weight is 273 g/mol. The lowest BCUT2D eigenvalue weighted by Gasteiger charge is -2.17. The molecule has 0 aliphatic carbocycles. The highest BCUT2D eigenvalue weighted by Gasteiger charge is 2.17. The molecule has 1 aromatic heterocycles. The van der Waals surface area contributed by atoms with Crippen molar-refractivity contribution in [2.75, 3.05) is 19.9 Å². The molecule has 3 heterocycles. The number of likely N-dealkylation sites (tertiary alicyclic amines) is 1. The molecule has 1 aromatic carbocycles. The summed E-state index contributed by atoms with van der Waals surface area (Å²) in [5.74, 6) is 2.64. The fourth-order valence-electron chi connectivity index (χ4n) is 3.03. The Bertz CT molecular complexity index is 574. The number of benzene rings is 1. The zero-order chi connectivity index (χ0) is 13.4. The van der Waals surface area contributed by atoms with E-state index in [2.05, 4.69) is 14.9 Å². The molecule has 0 radical (unpaired) electrons. The third-order valence-corrected chi connectivity index (χ3v) is 4.10. The van der Waals surface area contributed by atoms with Gasteiger partial charge in [0.2, 0.25) is 6.79 Å². The van der Waals surface area contributed by atoms with E-state index in [4.69, 9.17) is 9.47 Å². The molecular formula is C15H19N3O2. The molecule has 2 aromatic rings. The topological polar surface area (TPSA) is 50.4 Å². The smallest absolute Gasteiger partial charge is 0.231 e. The number of ether oxygens (including phenoxy) is 2. The van der Waals surface area contributed by atoms with Gasteiger partial charge in [-0.2, -0.15) is 0 Å². The molecule has 0 bridgehead atoms. The van der Waals surface area contributed by atoms with Gasteiger partial charge in [-0.05, 0) is 25.9 Å². The van der Waals surface area contributed by atoms with Crippen LogP contribution in [0.5, 0.6) is 11.5 Å². The van der Waals surface area contributed by atoms with Crippen molar-refractivity contribution >= 4 is 11.0 Å².